The molecular formula is C11H9ClN2O2. The minimum Gasteiger partial charge on any atom is -0.351 e. The fourth-order valence-electron chi connectivity index (χ4n) is 1.20. The highest BCUT2D eigenvalue weighted by Gasteiger charge is 2.08. The first-order chi connectivity index (χ1) is 7.75. The molecule has 1 aromatic carbocycles. The van der Waals surface area contributed by atoms with Crippen LogP contribution in [0.15, 0.2) is 41.1 Å². The molecule has 1 aromatic heterocycles. The summed E-state index contributed by atoms with van der Waals surface area (Å²) in [5.41, 5.74) is 0.970. The molecule has 0 unspecified atom stereocenters. The fraction of sp³-hybridized carbons (Fsp3) is 0.0909. The van der Waals surface area contributed by atoms with Crippen LogP contribution in [0.1, 0.15) is 16.1 Å². The molecule has 2 rings (SSSR count). The lowest BCUT2D eigenvalue weighted by molar-refractivity contribution is 0.0914. The molecule has 0 aliphatic carbocycles. The molecule has 0 aliphatic rings. The van der Waals surface area contributed by atoms with E-state index in [2.05, 4.69) is 10.5 Å². The zero-order valence-electron chi connectivity index (χ0n) is 8.31. The third-order valence-electron chi connectivity index (χ3n) is 2.03. The van der Waals surface area contributed by atoms with Crippen LogP contribution in [0.5, 0.6) is 0 Å². The van der Waals surface area contributed by atoms with E-state index in [0.29, 0.717) is 11.6 Å². The standard InChI is InChI=1S/C11H9ClN2O2/c12-9-3-1-8(2-4-9)7-13-11(15)10-5-6-14-16-10/h1-6H,7H2,(H,13,15). The second-order valence-electron chi connectivity index (χ2n) is 3.19. The Morgan fingerprint density at radius 1 is 1.31 bits per heavy atom. The molecule has 0 aliphatic heterocycles. The highest BCUT2D eigenvalue weighted by Crippen LogP contribution is 2.09. The van der Waals surface area contributed by atoms with Gasteiger partial charge in [0.1, 0.15) is 0 Å². The minimum absolute atomic E-state index is 0.203. The van der Waals surface area contributed by atoms with E-state index in [4.69, 9.17) is 16.1 Å². The summed E-state index contributed by atoms with van der Waals surface area (Å²) in [7, 11) is 0. The van der Waals surface area contributed by atoms with Crippen molar-refractivity contribution in [2.45, 2.75) is 6.54 Å². The Hall–Kier alpha value is -1.81. The smallest absolute Gasteiger partial charge is 0.290 e. The molecule has 0 bridgehead atoms. The summed E-state index contributed by atoms with van der Waals surface area (Å²) < 4.78 is 4.72. The molecule has 2 aromatic rings. The first kappa shape index (κ1) is 10.7. The van der Waals surface area contributed by atoms with Crippen molar-refractivity contribution in [3.63, 3.8) is 0 Å². The molecule has 4 nitrogen and oxygen atoms in total. The second-order valence-corrected chi connectivity index (χ2v) is 3.62. The average molecular weight is 237 g/mol. The van der Waals surface area contributed by atoms with Crippen molar-refractivity contribution in [3.8, 4) is 0 Å². The quantitative estimate of drug-likeness (QED) is 0.889. The molecule has 0 spiro atoms. The summed E-state index contributed by atoms with van der Waals surface area (Å²) in [6.45, 7) is 0.427. The van der Waals surface area contributed by atoms with Crippen molar-refractivity contribution in [3.05, 3.63) is 52.9 Å². The molecule has 0 atom stereocenters. The maximum absolute atomic E-state index is 11.5. The molecule has 0 radical (unpaired) electrons. The lowest BCUT2D eigenvalue weighted by Crippen LogP contribution is -2.22. The maximum Gasteiger partial charge on any atom is 0.290 e. The van der Waals surface area contributed by atoms with Gasteiger partial charge < -0.3 is 9.84 Å². The van der Waals surface area contributed by atoms with E-state index in [-0.39, 0.29) is 11.7 Å². The number of hydrogen-bond donors (Lipinski definition) is 1. The van der Waals surface area contributed by atoms with Crippen molar-refractivity contribution < 1.29 is 9.32 Å². The van der Waals surface area contributed by atoms with Crippen molar-refractivity contribution in [1.82, 2.24) is 10.5 Å². The predicted molar refractivity (Wildman–Crippen MR) is 59.1 cm³/mol. The number of aromatic nitrogens is 1. The van der Waals surface area contributed by atoms with Gasteiger partial charge in [-0.25, -0.2) is 0 Å². The Balaban J connectivity index is 1.93. The topological polar surface area (TPSA) is 55.1 Å². The summed E-state index contributed by atoms with van der Waals surface area (Å²) in [6, 6.07) is 8.76. The predicted octanol–water partition coefficient (Wildman–Crippen LogP) is 2.26. The molecule has 1 heterocycles. The summed E-state index contributed by atoms with van der Waals surface area (Å²) >= 11 is 5.74. The van der Waals surface area contributed by atoms with E-state index in [1.165, 1.54) is 12.3 Å². The Morgan fingerprint density at radius 2 is 2.06 bits per heavy atom. The van der Waals surface area contributed by atoms with Crippen LogP contribution >= 0.6 is 11.6 Å². The van der Waals surface area contributed by atoms with E-state index in [1.807, 2.05) is 12.1 Å². The van der Waals surface area contributed by atoms with Gasteiger partial charge >= 0.3 is 0 Å². The number of carbonyl (C=O) groups excluding carboxylic acids is 1. The Morgan fingerprint density at radius 3 is 2.69 bits per heavy atom. The van der Waals surface area contributed by atoms with Gasteiger partial charge in [0.15, 0.2) is 0 Å². The molecule has 0 fully saturated rings. The van der Waals surface area contributed by atoms with Gasteiger partial charge in [0.25, 0.3) is 5.91 Å². The molecule has 16 heavy (non-hydrogen) atoms. The summed E-state index contributed by atoms with van der Waals surface area (Å²) in [5, 5.41) is 6.83. The number of nitrogens with zero attached hydrogens (tertiary/aromatic N) is 1. The van der Waals surface area contributed by atoms with Gasteiger partial charge in [-0.15, -0.1) is 0 Å². The highest BCUT2D eigenvalue weighted by atomic mass is 35.5. The molecule has 1 N–H and O–H groups in total. The lowest BCUT2D eigenvalue weighted by atomic mass is 10.2. The fourth-order valence-corrected chi connectivity index (χ4v) is 1.33. The zero-order chi connectivity index (χ0) is 11.4. The first-order valence-corrected chi connectivity index (χ1v) is 5.07. The summed E-state index contributed by atoms with van der Waals surface area (Å²) in [5.74, 6) is -0.0820. The van der Waals surface area contributed by atoms with E-state index >= 15 is 0 Å². The highest BCUT2D eigenvalue weighted by molar-refractivity contribution is 6.30. The van der Waals surface area contributed by atoms with Crippen molar-refractivity contribution in [1.29, 1.82) is 0 Å². The van der Waals surface area contributed by atoms with Crippen LogP contribution in [0.3, 0.4) is 0 Å². The third-order valence-corrected chi connectivity index (χ3v) is 2.28. The number of benzene rings is 1. The normalized spacial score (nSPS) is 10.1. The molecule has 0 saturated heterocycles. The Labute approximate surface area is 97.2 Å². The molecular weight excluding hydrogens is 228 g/mol. The second kappa shape index (κ2) is 4.81. The van der Waals surface area contributed by atoms with Crippen LogP contribution in [0.2, 0.25) is 5.02 Å². The van der Waals surface area contributed by atoms with E-state index in [0.717, 1.165) is 5.56 Å². The van der Waals surface area contributed by atoms with Crippen LogP contribution < -0.4 is 5.32 Å². The van der Waals surface area contributed by atoms with Gasteiger partial charge in [0.2, 0.25) is 5.76 Å². The molecule has 0 saturated carbocycles. The number of halogens is 1. The van der Waals surface area contributed by atoms with Crippen LogP contribution in [0.4, 0.5) is 0 Å². The SMILES string of the molecule is O=C(NCc1ccc(Cl)cc1)c1ccno1. The Bertz CT molecular complexity index is 465. The van der Waals surface area contributed by atoms with Gasteiger partial charge in [-0.2, -0.15) is 0 Å². The molecule has 82 valence electrons. The van der Waals surface area contributed by atoms with Crippen molar-refractivity contribution >= 4 is 17.5 Å². The molecule has 1 amide bonds. The van der Waals surface area contributed by atoms with Crippen LogP contribution in [-0.2, 0) is 6.54 Å². The summed E-state index contributed by atoms with van der Waals surface area (Å²) in [4.78, 5) is 11.5. The lowest BCUT2D eigenvalue weighted by Gasteiger charge is -2.02. The number of hydrogen-bond acceptors (Lipinski definition) is 3. The van der Waals surface area contributed by atoms with E-state index in [1.54, 1.807) is 12.1 Å². The van der Waals surface area contributed by atoms with Gasteiger partial charge in [0.05, 0.1) is 6.20 Å². The monoisotopic (exact) mass is 236 g/mol. The number of carbonyl (C=O) groups is 1. The largest absolute Gasteiger partial charge is 0.351 e. The van der Waals surface area contributed by atoms with Crippen LogP contribution in [0, 0.1) is 0 Å². The van der Waals surface area contributed by atoms with Gasteiger partial charge in [-0.05, 0) is 17.7 Å². The average Bonchev–Trinajstić information content (AvgIpc) is 2.81. The number of rotatable bonds is 3. The Kier molecular flexibility index (Phi) is 3.22. The van der Waals surface area contributed by atoms with Gasteiger partial charge in [0, 0.05) is 17.6 Å². The number of nitrogens with one attached hydrogen (secondary N) is 1. The zero-order valence-corrected chi connectivity index (χ0v) is 9.07. The van der Waals surface area contributed by atoms with E-state index < -0.39 is 0 Å². The maximum atomic E-state index is 11.5. The number of amides is 1. The minimum atomic E-state index is -0.285. The summed E-state index contributed by atoms with van der Waals surface area (Å²) in [6.07, 6.45) is 1.43. The van der Waals surface area contributed by atoms with Gasteiger partial charge in [-0.1, -0.05) is 28.9 Å². The van der Waals surface area contributed by atoms with Crippen LogP contribution in [-0.4, -0.2) is 11.1 Å². The van der Waals surface area contributed by atoms with Crippen LogP contribution in [0.25, 0.3) is 0 Å². The van der Waals surface area contributed by atoms with E-state index in [9.17, 15) is 4.79 Å². The van der Waals surface area contributed by atoms with Crippen molar-refractivity contribution in [2.75, 3.05) is 0 Å². The third kappa shape index (κ3) is 2.61. The van der Waals surface area contributed by atoms with Crippen molar-refractivity contribution in [2.24, 2.45) is 0 Å². The first-order valence-electron chi connectivity index (χ1n) is 4.69. The van der Waals surface area contributed by atoms with Gasteiger partial charge in [-0.3, -0.25) is 4.79 Å². The molecule has 5 heteroatoms.